The fourth-order valence-corrected chi connectivity index (χ4v) is 4.68. The van der Waals surface area contributed by atoms with Gasteiger partial charge in [0.15, 0.2) is 0 Å². The highest BCUT2D eigenvalue weighted by Crippen LogP contribution is 2.13. The van der Waals surface area contributed by atoms with E-state index < -0.39 is 0 Å². The van der Waals surface area contributed by atoms with Gasteiger partial charge in [-0.2, -0.15) is 0 Å². The maximum Gasteiger partial charge on any atom is 0.305 e. The van der Waals surface area contributed by atoms with Gasteiger partial charge in [0.25, 0.3) is 0 Å². The van der Waals surface area contributed by atoms with Crippen LogP contribution in [0.5, 0.6) is 0 Å². The summed E-state index contributed by atoms with van der Waals surface area (Å²) in [5, 5.41) is 0. The van der Waals surface area contributed by atoms with Crippen LogP contribution >= 0.6 is 0 Å². The van der Waals surface area contributed by atoms with Crippen LogP contribution in [0.25, 0.3) is 0 Å². The number of rotatable bonds is 25. The summed E-state index contributed by atoms with van der Waals surface area (Å²) in [6.45, 7) is 8.61. The zero-order valence-electron chi connectivity index (χ0n) is 23.4. The average molecular weight is 488 g/mol. The van der Waals surface area contributed by atoms with Crippen molar-refractivity contribution in [2.24, 2.45) is 0 Å². The number of nitrogens with zero attached hydrogens (tertiary/aromatic N) is 1. The molecule has 35 heavy (non-hydrogen) atoms. The van der Waals surface area contributed by atoms with Crippen LogP contribution in [0.4, 0.5) is 0 Å². The number of carbonyl (C=O) groups is 1. The summed E-state index contributed by atoms with van der Waals surface area (Å²) in [7, 11) is 0. The molecule has 1 rings (SSSR count). The van der Waals surface area contributed by atoms with Gasteiger partial charge in [-0.05, 0) is 44.3 Å². The summed E-state index contributed by atoms with van der Waals surface area (Å²) in [5.41, 5.74) is 1.42. The molecular formula is C32H57NO2. The van der Waals surface area contributed by atoms with Gasteiger partial charge in [-0.1, -0.05) is 134 Å². The molecule has 0 heterocycles. The molecule has 0 spiro atoms. The highest BCUT2D eigenvalue weighted by molar-refractivity contribution is 5.69. The van der Waals surface area contributed by atoms with Crippen molar-refractivity contribution in [2.45, 2.75) is 142 Å². The third-order valence-corrected chi connectivity index (χ3v) is 6.94. The third-order valence-electron chi connectivity index (χ3n) is 6.94. The van der Waals surface area contributed by atoms with Gasteiger partial charge in [0.1, 0.15) is 0 Å². The van der Waals surface area contributed by atoms with Crippen LogP contribution in [0, 0.1) is 0 Å². The molecule has 0 aliphatic heterocycles. The van der Waals surface area contributed by atoms with E-state index in [4.69, 9.17) is 4.74 Å². The number of carbonyl (C=O) groups excluding carboxylic acids is 1. The SMILES string of the molecule is CCCCCCCCCOC(=O)CCCCCCCN(CCCCCCCC)Cc1ccccc1. The summed E-state index contributed by atoms with van der Waals surface area (Å²) in [6, 6.07) is 10.9. The molecule has 0 atom stereocenters. The van der Waals surface area contributed by atoms with Crippen LogP contribution in [-0.4, -0.2) is 30.6 Å². The van der Waals surface area contributed by atoms with E-state index in [0.29, 0.717) is 13.0 Å². The molecule has 1 aromatic carbocycles. The van der Waals surface area contributed by atoms with Crippen LogP contribution in [-0.2, 0) is 16.1 Å². The maximum atomic E-state index is 11.9. The van der Waals surface area contributed by atoms with E-state index in [1.807, 2.05) is 0 Å². The Hall–Kier alpha value is -1.35. The van der Waals surface area contributed by atoms with E-state index >= 15 is 0 Å². The van der Waals surface area contributed by atoms with Crippen molar-refractivity contribution >= 4 is 5.97 Å². The molecular weight excluding hydrogens is 430 g/mol. The topological polar surface area (TPSA) is 29.5 Å². The van der Waals surface area contributed by atoms with Crippen LogP contribution in [0.15, 0.2) is 30.3 Å². The minimum absolute atomic E-state index is 0.00366. The molecule has 3 nitrogen and oxygen atoms in total. The van der Waals surface area contributed by atoms with Gasteiger partial charge in [0.2, 0.25) is 0 Å². The largest absolute Gasteiger partial charge is 0.466 e. The Bertz CT molecular complexity index is 574. The van der Waals surface area contributed by atoms with Gasteiger partial charge in [-0.15, -0.1) is 0 Å². The van der Waals surface area contributed by atoms with Crippen molar-refractivity contribution in [1.82, 2.24) is 4.90 Å². The maximum absolute atomic E-state index is 11.9. The minimum Gasteiger partial charge on any atom is -0.466 e. The Morgan fingerprint density at radius 2 is 1.11 bits per heavy atom. The standard InChI is InChI=1S/C32H57NO2/c1-3-5-7-9-11-16-23-29-35-32(34)26-20-13-12-15-22-28-33(27-21-14-10-8-6-4-2)30-31-24-18-17-19-25-31/h17-19,24-25H,3-16,20-23,26-30H2,1-2H3. The van der Waals surface area contributed by atoms with Crippen LogP contribution in [0.2, 0.25) is 0 Å². The molecule has 1 aromatic rings. The molecule has 0 aliphatic rings. The normalized spacial score (nSPS) is 11.3. The van der Waals surface area contributed by atoms with Gasteiger partial charge in [0, 0.05) is 13.0 Å². The Kier molecular flexibility index (Phi) is 22.0. The minimum atomic E-state index is 0.00366. The van der Waals surface area contributed by atoms with Crippen molar-refractivity contribution in [3.05, 3.63) is 35.9 Å². The lowest BCUT2D eigenvalue weighted by Crippen LogP contribution is -2.25. The van der Waals surface area contributed by atoms with Gasteiger partial charge in [0.05, 0.1) is 6.61 Å². The fourth-order valence-electron chi connectivity index (χ4n) is 4.68. The summed E-state index contributed by atoms with van der Waals surface area (Å²) in [6.07, 6.45) is 23.4. The zero-order valence-corrected chi connectivity index (χ0v) is 23.4. The molecule has 0 fully saturated rings. The first kappa shape index (κ1) is 31.7. The molecule has 0 bridgehead atoms. The highest BCUT2D eigenvalue weighted by Gasteiger charge is 2.07. The van der Waals surface area contributed by atoms with Gasteiger partial charge in [-0.3, -0.25) is 9.69 Å². The fraction of sp³-hybridized carbons (Fsp3) is 0.781. The van der Waals surface area contributed by atoms with Crippen LogP contribution < -0.4 is 0 Å². The smallest absolute Gasteiger partial charge is 0.305 e. The second kappa shape index (κ2) is 24.3. The number of hydrogen-bond acceptors (Lipinski definition) is 3. The molecule has 0 radical (unpaired) electrons. The predicted molar refractivity (Wildman–Crippen MR) is 152 cm³/mol. The van der Waals surface area contributed by atoms with E-state index in [-0.39, 0.29) is 5.97 Å². The molecule has 0 unspecified atom stereocenters. The van der Waals surface area contributed by atoms with E-state index in [1.54, 1.807) is 0 Å². The van der Waals surface area contributed by atoms with Crippen LogP contribution in [0.1, 0.15) is 141 Å². The molecule has 0 aromatic heterocycles. The lowest BCUT2D eigenvalue weighted by atomic mass is 10.1. The predicted octanol–water partition coefficient (Wildman–Crippen LogP) is 9.48. The molecule has 0 N–H and O–H groups in total. The lowest BCUT2D eigenvalue weighted by molar-refractivity contribution is -0.143. The first-order valence-electron chi connectivity index (χ1n) is 15.2. The Labute approximate surface area is 218 Å². The summed E-state index contributed by atoms with van der Waals surface area (Å²) >= 11 is 0. The van der Waals surface area contributed by atoms with E-state index in [9.17, 15) is 4.79 Å². The molecule has 0 amide bonds. The average Bonchev–Trinajstić information content (AvgIpc) is 2.87. The number of ether oxygens (including phenoxy) is 1. The van der Waals surface area contributed by atoms with Gasteiger partial charge < -0.3 is 4.74 Å². The Morgan fingerprint density at radius 3 is 1.69 bits per heavy atom. The summed E-state index contributed by atoms with van der Waals surface area (Å²) < 4.78 is 5.41. The first-order chi connectivity index (χ1) is 17.3. The van der Waals surface area contributed by atoms with Gasteiger partial charge in [-0.25, -0.2) is 0 Å². The van der Waals surface area contributed by atoms with Crippen molar-refractivity contribution in [2.75, 3.05) is 19.7 Å². The highest BCUT2D eigenvalue weighted by atomic mass is 16.5. The molecule has 3 heteroatoms. The monoisotopic (exact) mass is 487 g/mol. The molecule has 0 saturated carbocycles. The Balaban J connectivity index is 2.06. The van der Waals surface area contributed by atoms with Crippen LogP contribution in [0.3, 0.4) is 0 Å². The van der Waals surface area contributed by atoms with E-state index in [2.05, 4.69) is 49.1 Å². The Morgan fingerprint density at radius 1 is 0.629 bits per heavy atom. The van der Waals surface area contributed by atoms with Crippen molar-refractivity contribution < 1.29 is 9.53 Å². The van der Waals surface area contributed by atoms with Crippen molar-refractivity contribution in [3.8, 4) is 0 Å². The number of hydrogen-bond donors (Lipinski definition) is 0. The second-order valence-electron chi connectivity index (χ2n) is 10.4. The number of esters is 1. The van der Waals surface area contributed by atoms with E-state index in [1.165, 1.54) is 115 Å². The first-order valence-corrected chi connectivity index (χ1v) is 15.2. The van der Waals surface area contributed by atoms with Gasteiger partial charge >= 0.3 is 5.97 Å². The second-order valence-corrected chi connectivity index (χ2v) is 10.4. The lowest BCUT2D eigenvalue weighted by Gasteiger charge is -2.22. The molecule has 0 aliphatic carbocycles. The van der Waals surface area contributed by atoms with Crippen molar-refractivity contribution in [1.29, 1.82) is 0 Å². The summed E-state index contributed by atoms with van der Waals surface area (Å²) in [4.78, 5) is 14.6. The summed E-state index contributed by atoms with van der Waals surface area (Å²) in [5.74, 6) is 0.00366. The number of benzene rings is 1. The molecule has 0 saturated heterocycles. The zero-order chi connectivity index (χ0) is 25.2. The quantitative estimate of drug-likeness (QED) is 0.102. The van der Waals surface area contributed by atoms with E-state index in [0.717, 1.165) is 25.8 Å². The number of unbranched alkanes of at least 4 members (excludes halogenated alkanes) is 15. The van der Waals surface area contributed by atoms with Crippen molar-refractivity contribution in [3.63, 3.8) is 0 Å². The third kappa shape index (κ3) is 20.5. The molecule has 202 valence electrons.